The Hall–Kier alpha value is -5.70. The van der Waals surface area contributed by atoms with Gasteiger partial charge in [0.05, 0.1) is 34.0 Å². The summed E-state index contributed by atoms with van der Waals surface area (Å²) in [4.78, 5) is 31.2. The molecule has 14 heteroatoms. The molecule has 7 rings (SSSR count). The summed E-state index contributed by atoms with van der Waals surface area (Å²) in [6, 6.07) is 31.5. The fourth-order valence-corrected chi connectivity index (χ4v) is 7.51. The van der Waals surface area contributed by atoms with Crippen molar-refractivity contribution in [1.29, 1.82) is 0 Å². The largest absolute Gasteiger partial charge is 0.497 e. The Balaban J connectivity index is 1.40. The number of alkyl halides is 3. The van der Waals surface area contributed by atoms with Crippen LogP contribution in [-0.4, -0.2) is 71.7 Å². The molecule has 5 aromatic rings. The first-order chi connectivity index (χ1) is 26.4. The van der Waals surface area contributed by atoms with E-state index in [1.165, 1.54) is 6.20 Å². The van der Waals surface area contributed by atoms with Crippen LogP contribution in [0.5, 0.6) is 11.5 Å². The van der Waals surface area contributed by atoms with Crippen LogP contribution in [-0.2, 0) is 31.2 Å². The van der Waals surface area contributed by atoms with Crippen molar-refractivity contribution in [1.82, 2.24) is 14.5 Å². The number of aromatic nitrogens is 2. The second-order valence-corrected chi connectivity index (χ2v) is 13.5. The average Bonchev–Trinajstić information content (AvgIpc) is 3.68. The number of nitrogen functional groups attached to an aromatic ring is 1. The van der Waals surface area contributed by atoms with E-state index in [4.69, 9.17) is 29.4 Å². The number of nitrogens with two attached hydrogens (primary N) is 1. The number of hydrogen-bond donors (Lipinski definition) is 1. The molecular formula is C41H39F3N4O7. The predicted octanol–water partition coefficient (Wildman–Crippen LogP) is 5.79. The van der Waals surface area contributed by atoms with Crippen molar-refractivity contribution in [3.05, 3.63) is 154 Å². The lowest BCUT2D eigenvalue weighted by molar-refractivity contribution is -0.208. The van der Waals surface area contributed by atoms with Crippen LogP contribution in [0.1, 0.15) is 34.0 Å². The number of morpholine rings is 1. The molecule has 0 radical (unpaired) electrons. The molecule has 1 amide bonds. The van der Waals surface area contributed by atoms with Gasteiger partial charge in [0.2, 0.25) is 0 Å². The molecule has 1 aromatic heterocycles. The Labute approximate surface area is 315 Å². The molecule has 3 heterocycles. The Morgan fingerprint density at radius 3 is 1.96 bits per heavy atom. The number of anilines is 1. The second-order valence-electron chi connectivity index (χ2n) is 13.5. The maximum absolute atomic E-state index is 14.4. The molecule has 2 fully saturated rings. The minimum Gasteiger partial charge on any atom is -0.497 e. The van der Waals surface area contributed by atoms with Crippen LogP contribution in [0, 0.1) is 6.92 Å². The minimum atomic E-state index is -5.25. The molecule has 0 aliphatic carbocycles. The van der Waals surface area contributed by atoms with Crippen molar-refractivity contribution >= 4 is 11.7 Å². The van der Waals surface area contributed by atoms with E-state index in [1.807, 2.05) is 72.8 Å². The first kappa shape index (κ1) is 37.6. The fourth-order valence-electron chi connectivity index (χ4n) is 7.51. The number of nitrogens with zero attached hydrogens (tertiary/aromatic N) is 3. The third kappa shape index (κ3) is 6.92. The molecule has 55 heavy (non-hydrogen) atoms. The zero-order chi connectivity index (χ0) is 39.0. The van der Waals surface area contributed by atoms with Gasteiger partial charge in [0.15, 0.2) is 6.23 Å². The summed E-state index contributed by atoms with van der Waals surface area (Å²) in [5.74, 6) is -0.968. The van der Waals surface area contributed by atoms with Gasteiger partial charge in [0.25, 0.3) is 0 Å². The molecule has 286 valence electrons. The topological polar surface area (TPSA) is 127 Å². The van der Waals surface area contributed by atoms with Crippen LogP contribution in [0.4, 0.5) is 19.0 Å². The van der Waals surface area contributed by atoms with Gasteiger partial charge < -0.3 is 34.3 Å². The van der Waals surface area contributed by atoms with Crippen LogP contribution in [0.2, 0.25) is 0 Å². The Morgan fingerprint density at radius 2 is 1.42 bits per heavy atom. The van der Waals surface area contributed by atoms with Crippen molar-refractivity contribution in [3.63, 3.8) is 0 Å². The maximum Gasteiger partial charge on any atom is 0.471 e. The lowest BCUT2D eigenvalue weighted by Gasteiger charge is -2.41. The number of carbonyl (C=O) groups is 1. The molecule has 2 bridgehead atoms. The quantitative estimate of drug-likeness (QED) is 0.158. The van der Waals surface area contributed by atoms with Crippen LogP contribution in [0.15, 0.2) is 120 Å². The SMILES string of the molecule is COc1ccc(C(OC[C@@]23CN(C(=O)C(F)(F)F)[C@@H]([C@H](n4cc(C)c(N)nc4=O)O2)[C@@H]3OCc2ccccc2)(c2ccccc2)c2ccc(OC)cc2)cc1. The highest BCUT2D eigenvalue weighted by Crippen LogP contribution is 2.51. The third-order valence-corrected chi connectivity index (χ3v) is 10.2. The number of fused-ring (bicyclic) bond motifs is 2. The Kier molecular flexibility index (Phi) is 10.2. The van der Waals surface area contributed by atoms with Crippen LogP contribution >= 0.6 is 0 Å². The molecular weight excluding hydrogens is 717 g/mol. The summed E-state index contributed by atoms with van der Waals surface area (Å²) < 4.78 is 75.5. The Morgan fingerprint density at radius 1 is 0.873 bits per heavy atom. The number of aryl methyl sites for hydroxylation is 1. The van der Waals surface area contributed by atoms with Crippen molar-refractivity contribution in [2.45, 2.75) is 49.3 Å². The zero-order valence-corrected chi connectivity index (χ0v) is 30.2. The summed E-state index contributed by atoms with van der Waals surface area (Å²) in [5, 5.41) is 0. The van der Waals surface area contributed by atoms with Crippen molar-refractivity contribution in [2.24, 2.45) is 0 Å². The first-order valence-corrected chi connectivity index (χ1v) is 17.4. The highest BCUT2D eigenvalue weighted by atomic mass is 19.4. The van der Waals surface area contributed by atoms with E-state index in [0.717, 1.165) is 10.1 Å². The van der Waals surface area contributed by atoms with E-state index < -0.39 is 60.5 Å². The highest BCUT2D eigenvalue weighted by molar-refractivity contribution is 5.83. The number of benzene rings is 4. The van der Waals surface area contributed by atoms with Crippen LogP contribution in [0.25, 0.3) is 0 Å². The van der Waals surface area contributed by atoms with E-state index in [2.05, 4.69) is 4.98 Å². The number of methoxy groups -OCH3 is 2. The van der Waals surface area contributed by atoms with Gasteiger partial charge in [-0.05, 0) is 53.4 Å². The van der Waals surface area contributed by atoms with Gasteiger partial charge >= 0.3 is 17.8 Å². The van der Waals surface area contributed by atoms with E-state index in [-0.39, 0.29) is 12.4 Å². The maximum atomic E-state index is 14.4. The Bertz CT molecular complexity index is 2140. The van der Waals surface area contributed by atoms with E-state index >= 15 is 0 Å². The molecule has 2 saturated heterocycles. The molecule has 0 saturated carbocycles. The van der Waals surface area contributed by atoms with Gasteiger partial charge in [-0.25, -0.2) is 4.79 Å². The minimum absolute atomic E-state index is 0.0391. The summed E-state index contributed by atoms with van der Waals surface area (Å²) in [5.41, 5.74) is 5.02. The average molecular weight is 757 g/mol. The molecule has 0 unspecified atom stereocenters. The number of halogens is 3. The van der Waals surface area contributed by atoms with Crippen LogP contribution < -0.4 is 20.9 Å². The number of rotatable bonds is 12. The third-order valence-electron chi connectivity index (χ3n) is 10.2. The standard InChI is InChI=1S/C41H39F3N4O7/c1-26-22-47(38(50)46-35(26)45)36-33-34(53-23-27-10-6-4-7-11-27)39(55-36,24-48(33)37(49)41(42,43)44)25-54-40(28-12-8-5-9-13-28,29-14-18-31(51-2)19-15-29)30-16-20-32(52-3)21-17-30/h4-22,33-34,36H,23-25H2,1-3H3,(H2,45,46,50)/t33-,34+,36-,39-/m1/s1. The highest BCUT2D eigenvalue weighted by Gasteiger charge is 2.69. The summed E-state index contributed by atoms with van der Waals surface area (Å²) in [6.45, 7) is 0.606. The summed E-state index contributed by atoms with van der Waals surface area (Å²) in [6.07, 6.45) is -6.55. The van der Waals surface area contributed by atoms with E-state index in [9.17, 15) is 22.8 Å². The number of likely N-dealkylation sites (tertiary alicyclic amines) is 1. The van der Waals surface area contributed by atoms with Gasteiger partial charge in [0, 0.05) is 11.8 Å². The smallest absolute Gasteiger partial charge is 0.471 e. The summed E-state index contributed by atoms with van der Waals surface area (Å²) in [7, 11) is 3.10. The lowest BCUT2D eigenvalue weighted by Crippen LogP contribution is -2.55. The zero-order valence-electron chi connectivity index (χ0n) is 30.2. The number of hydrogen-bond acceptors (Lipinski definition) is 9. The van der Waals surface area contributed by atoms with Gasteiger partial charge in [-0.3, -0.25) is 9.36 Å². The number of amides is 1. The number of carbonyl (C=O) groups excluding carboxylic acids is 1. The van der Waals surface area contributed by atoms with E-state index in [1.54, 1.807) is 57.5 Å². The molecule has 4 atom stereocenters. The van der Waals surface area contributed by atoms with Gasteiger partial charge in [-0.2, -0.15) is 18.2 Å². The fraction of sp³-hybridized carbons (Fsp3) is 0.293. The molecule has 0 spiro atoms. The molecule has 11 nitrogen and oxygen atoms in total. The van der Waals surface area contributed by atoms with Crippen molar-refractivity contribution < 1.29 is 41.7 Å². The second kappa shape index (κ2) is 14.9. The van der Waals surface area contributed by atoms with Crippen LogP contribution in [0.3, 0.4) is 0 Å². The van der Waals surface area contributed by atoms with Gasteiger partial charge in [-0.1, -0.05) is 84.9 Å². The van der Waals surface area contributed by atoms with Gasteiger partial charge in [-0.15, -0.1) is 0 Å². The van der Waals surface area contributed by atoms with Gasteiger partial charge in [0.1, 0.15) is 40.7 Å². The van der Waals surface area contributed by atoms with Crippen molar-refractivity contribution in [2.75, 3.05) is 33.1 Å². The molecule has 2 aliphatic heterocycles. The monoisotopic (exact) mass is 756 g/mol. The summed E-state index contributed by atoms with van der Waals surface area (Å²) >= 11 is 0. The first-order valence-electron chi connectivity index (χ1n) is 17.4. The van der Waals surface area contributed by atoms with Crippen molar-refractivity contribution in [3.8, 4) is 11.5 Å². The molecule has 2 aliphatic rings. The van der Waals surface area contributed by atoms with E-state index in [0.29, 0.717) is 38.7 Å². The number of ether oxygens (including phenoxy) is 5. The predicted molar refractivity (Wildman–Crippen MR) is 195 cm³/mol. The lowest BCUT2D eigenvalue weighted by atomic mass is 9.79. The molecule has 2 N–H and O–H groups in total. The normalized spacial score (nSPS) is 20.8. The molecule has 4 aromatic carbocycles.